The van der Waals surface area contributed by atoms with Gasteiger partial charge < -0.3 is 10.1 Å². The monoisotopic (exact) mass is 407 g/mol. The minimum atomic E-state index is 0.449. The van der Waals surface area contributed by atoms with Crippen molar-refractivity contribution in [2.24, 2.45) is 0 Å². The van der Waals surface area contributed by atoms with Gasteiger partial charge in [0, 0.05) is 10.6 Å². The molecular formula is C20H17N5OS2. The molecule has 0 fully saturated rings. The molecule has 4 aromatic rings. The molecule has 2 heterocycles. The van der Waals surface area contributed by atoms with E-state index in [-0.39, 0.29) is 0 Å². The van der Waals surface area contributed by atoms with E-state index in [9.17, 15) is 0 Å². The molecule has 0 bridgehead atoms. The van der Waals surface area contributed by atoms with Gasteiger partial charge in [-0.1, -0.05) is 18.2 Å². The lowest BCUT2D eigenvalue weighted by Crippen LogP contribution is -2.33. The van der Waals surface area contributed by atoms with Crippen LogP contribution >= 0.6 is 23.6 Å². The molecule has 140 valence electrons. The van der Waals surface area contributed by atoms with E-state index in [4.69, 9.17) is 17.0 Å². The van der Waals surface area contributed by atoms with Crippen LogP contribution in [0.3, 0.4) is 0 Å². The first-order valence-corrected chi connectivity index (χ1v) is 9.72. The highest BCUT2D eigenvalue weighted by molar-refractivity contribution is 7.80. The third-order valence-corrected chi connectivity index (χ3v) is 5.40. The number of hydrazine groups is 1. The van der Waals surface area contributed by atoms with Gasteiger partial charge in [-0.05, 0) is 60.2 Å². The number of aromatic nitrogens is 2. The molecule has 6 nitrogen and oxygen atoms in total. The van der Waals surface area contributed by atoms with Crippen molar-refractivity contribution in [3.63, 3.8) is 0 Å². The largest absolute Gasteiger partial charge is 0.497 e. The third kappa shape index (κ3) is 4.03. The summed E-state index contributed by atoms with van der Waals surface area (Å²) in [7, 11) is 1.66. The molecule has 0 radical (unpaired) electrons. The van der Waals surface area contributed by atoms with Crippen LogP contribution in [0, 0.1) is 0 Å². The smallest absolute Gasteiger partial charge is 0.189 e. The van der Waals surface area contributed by atoms with Gasteiger partial charge in [-0.25, -0.2) is 9.97 Å². The molecule has 28 heavy (non-hydrogen) atoms. The Morgan fingerprint density at radius 1 is 1.04 bits per heavy atom. The summed E-state index contributed by atoms with van der Waals surface area (Å²) in [5.41, 5.74) is 8.93. The number of thiocarbonyl (C=S) groups is 1. The standard InChI is InChI=1S/C20H17N5OS2/c1-26-15-9-7-13(8-10-15)17-11-16-18(28-17)19(22-12-21-16)24-25-20(27)23-14-5-3-2-4-6-14/h2-12H,1H3,(H,21,22,24)(H2,23,25,27). The van der Waals surface area contributed by atoms with Crippen molar-refractivity contribution in [2.45, 2.75) is 0 Å². The molecule has 0 saturated heterocycles. The fraction of sp³-hybridized carbons (Fsp3) is 0.0500. The van der Waals surface area contributed by atoms with Gasteiger partial charge in [0.25, 0.3) is 0 Å². The Hall–Kier alpha value is -3.23. The van der Waals surface area contributed by atoms with Crippen LogP contribution in [0.1, 0.15) is 0 Å². The fourth-order valence-corrected chi connectivity index (χ4v) is 3.87. The number of para-hydroxylation sites is 1. The molecular weight excluding hydrogens is 390 g/mol. The van der Waals surface area contributed by atoms with Crippen LogP contribution in [-0.4, -0.2) is 22.2 Å². The Morgan fingerprint density at radius 2 is 1.82 bits per heavy atom. The lowest BCUT2D eigenvalue weighted by atomic mass is 10.2. The SMILES string of the molecule is COc1ccc(-c2cc3ncnc(NNC(=S)Nc4ccccc4)c3s2)cc1. The average molecular weight is 408 g/mol. The summed E-state index contributed by atoms with van der Waals surface area (Å²) in [6.45, 7) is 0. The van der Waals surface area contributed by atoms with Gasteiger partial charge in [0.1, 0.15) is 12.1 Å². The highest BCUT2D eigenvalue weighted by atomic mass is 32.1. The second kappa shape index (κ2) is 8.20. The van der Waals surface area contributed by atoms with E-state index in [1.807, 2.05) is 54.6 Å². The second-order valence-corrected chi connectivity index (χ2v) is 7.31. The average Bonchev–Trinajstić information content (AvgIpc) is 3.18. The van der Waals surface area contributed by atoms with Gasteiger partial charge in [0.15, 0.2) is 10.9 Å². The van der Waals surface area contributed by atoms with Crippen molar-refractivity contribution in [2.75, 3.05) is 17.9 Å². The summed E-state index contributed by atoms with van der Waals surface area (Å²) in [5, 5.41) is 3.56. The van der Waals surface area contributed by atoms with Crippen LogP contribution < -0.4 is 20.9 Å². The Morgan fingerprint density at radius 3 is 2.57 bits per heavy atom. The predicted octanol–water partition coefficient (Wildman–Crippen LogP) is 4.68. The van der Waals surface area contributed by atoms with Crippen molar-refractivity contribution >= 4 is 50.4 Å². The highest BCUT2D eigenvalue weighted by Gasteiger charge is 2.11. The maximum atomic E-state index is 5.33. The molecule has 0 aliphatic heterocycles. The number of nitrogens with zero attached hydrogens (tertiary/aromatic N) is 2. The van der Waals surface area contributed by atoms with Gasteiger partial charge in [-0.15, -0.1) is 11.3 Å². The Bertz CT molecular complexity index is 1100. The molecule has 3 N–H and O–H groups in total. The normalized spacial score (nSPS) is 10.5. The maximum absolute atomic E-state index is 5.33. The minimum absolute atomic E-state index is 0.449. The first kappa shape index (κ1) is 18.1. The molecule has 0 unspecified atom stereocenters. The van der Waals surface area contributed by atoms with Crippen molar-refractivity contribution in [1.29, 1.82) is 0 Å². The van der Waals surface area contributed by atoms with Gasteiger partial charge in [-0.2, -0.15) is 0 Å². The number of rotatable bonds is 5. The molecule has 2 aromatic carbocycles. The zero-order valence-corrected chi connectivity index (χ0v) is 16.6. The number of hydrogen-bond donors (Lipinski definition) is 3. The number of methoxy groups -OCH3 is 1. The molecule has 8 heteroatoms. The number of anilines is 2. The maximum Gasteiger partial charge on any atom is 0.189 e. The minimum Gasteiger partial charge on any atom is -0.497 e. The van der Waals surface area contributed by atoms with E-state index < -0.39 is 0 Å². The summed E-state index contributed by atoms with van der Waals surface area (Å²) < 4.78 is 6.17. The van der Waals surface area contributed by atoms with Gasteiger partial charge in [-0.3, -0.25) is 10.9 Å². The van der Waals surface area contributed by atoms with Gasteiger partial charge in [0.05, 0.1) is 17.3 Å². The Balaban J connectivity index is 1.51. The predicted molar refractivity (Wildman–Crippen MR) is 119 cm³/mol. The zero-order valence-electron chi connectivity index (χ0n) is 15.0. The summed E-state index contributed by atoms with van der Waals surface area (Å²) in [6.07, 6.45) is 1.53. The molecule has 0 aliphatic carbocycles. The summed E-state index contributed by atoms with van der Waals surface area (Å²) in [4.78, 5) is 9.82. The van der Waals surface area contributed by atoms with Crippen LogP contribution in [0.25, 0.3) is 20.7 Å². The Labute approximate surface area is 171 Å². The van der Waals surface area contributed by atoms with E-state index in [0.29, 0.717) is 10.9 Å². The molecule has 0 aliphatic rings. The number of fused-ring (bicyclic) bond motifs is 1. The molecule has 0 saturated carbocycles. The molecule has 0 atom stereocenters. The van der Waals surface area contributed by atoms with E-state index in [0.717, 1.165) is 32.1 Å². The number of thiophene rings is 1. The molecule has 4 rings (SSSR count). The Kier molecular flexibility index (Phi) is 5.31. The van der Waals surface area contributed by atoms with Crippen LogP contribution in [0.4, 0.5) is 11.5 Å². The lowest BCUT2D eigenvalue weighted by Gasteiger charge is -2.12. The number of hydrogen-bond acceptors (Lipinski definition) is 6. The summed E-state index contributed by atoms with van der Waals surface area (Å²) >= 11 is 6.94. The molecule has 0 spiro atoms. The first-order valence-electron chi connectivity index (χ1n) is 8.50. The number of ether oxygens (including phenoxy) is 1. The molecule has 0 amide bonds. The number of benzene rings is 2. The lowest BCUT2D eigenvalue weighted by molar-refractivity contribution is 0.415. The van der Waals surface area contributed by atoms with Crippen molar-refractivity contribution in [1.82, 2.24) is 15.4 Å². The third-order valence-electron chi connectivity index (χ3n) is 4.01. The van der Waals surface area contributed by atoms with E-state index in [2.05, 4.69) is 32.2 Å². The van der Waals surface area contributed by atoms with Crippen LogP contribution in [0.5, 0.6) is 5.75 Å². The first-order chi connectivity index (χ1) is 13.7. The highest BCUT2D eigenvalue weighted by Crippen LogP contribution is 2.35. The van der Waals surface area contributed by atoms with Crippen LogP contribution in [0.2, 0.25) is 0 Å². The second-order valence-electron chi connectivity index (χ2n) is 5.85. The zero-order chi connectivity index (χ0) is 19.3. The van der Waals surface area contributed by atoms with Crippen molar-refractivity contribution < 1.29 is 4.74 Å². The van der Waals surface area contributed by atoms with Crippen LogP contribution in [0.15, 0.2) is 67.0 Å². The summed E-state index contributed by atoms with van der Waals surface area (Å²) in [5.74, 6) is 1.50. The van der Waals surface area contributed by atoms with Crippen molar-refractivity contribution in [3.8, 4) is 16.2 Å². The van der Waals surface area contributed by atoms with E-state index >= 15 is 0 Å². The van der Waals surface area contributed by atoms with E-state index in [1.165, 1.54) is 6.33 Å². The van der Waals surface area contributed by atoms with Gasteiger partial charge in [0.2, 0.25) is 0 Å². The van der Waals surface area contributed by atoms with E-state index in [1.54, 1.807) is 18.4 Å². The fourth-order valence-electron chi connectivity index (χ4n) is 2.64. The van der Waals surface area contributed by atoms with Crippen LogP contribution in [-0.2, 0) is 0 Å². The molecule has 2 aromatic heterocycles. The van der Waals surface area contributed by atoms with Crippen molar-refractivity contribution in [3.05, 3.63) is 67.0 Å². The number of nitrogens with one attached hydrogen (secondary N) is 3. The topological polar surface area (TPSA) is 71.1 Å². The quantitative estimate of drug-likeness (QED) is 0.328. The van der Waals surface area contributed by atoms with Gasteiger partial charge >= 0.3 is 0 Å². The summed E-state index contributed by atoms with van der Waals surface area (Å²) in [6, 6.07) is 19.7.